The molecule has 31 heavy (non-hydrogen) atoms. The lowest BCUT2D eigenvalue weighted by atomic mass is 9.46. The van der Waals surface area contributed by atoms with Crippen molar-refractivity contribution in [3.8, 4) is 0 Å². The number of aliphatic hydroxyl groups is 2. The molecule has 10 atom stereocenters. The van der Waals surface area contributed by atoms with E-state index in [0.29, 0.717) is 40.9 Å². The second-order valence-electron chi connectivity index (χ2n) is 12.6. The minimum Gasteiger partial charge on any atom is -0.393 e. The number of hydrogen-bond acceptors (Lipinski definition) is 2. The van der Waals surface area contributed by atoms with Crippen molar-refractivity contribution in [1.29, 1.82) is 0 Å². The van der Waals surface area contributed by atoms with Gasteiger partial charge in [0.2, 0.25) is 0 Å². The maximum Gasteiger partial charge on any atom is 0.0757 e. The summed E-state index contributed by atoms with van der Waals surface area (Å²) >= 11 is 0. The zero-order valence-corrected chi connectivity index (χ0v) is 21.0. The van der Waals surface area contributed by atoms with Crippen molar-refractivity contribution in [2.45, 2.75) is 105 Å². The molecule has 0 heterocycles. The molecule has 2 heteroatoms. The van der Waals surface area contributed by atoms with Crippen molar-refractivity contribution in [3.05, 3.63) is 23.8 Å². The van der Waals surface area contributed by atoms with Crippen LogP contribution in [0.5, 0.6) is 0 Å². The summed E-state index contributed by atoms with van der Waals surface area (Å²) in [4.78, 5) is 0. The molecular weight excluding hydrogens is 380 g/mol. The first-order valence-corrected chi connectivity index (χ1v) is 13.4. The average molecular weight is 429 g/mol. The van der Waals surface area contributed by atoms with E-state index in [4.69, 9.17) is 0 Å². The molecular formula is C29H48O2. The second kappa shape index (κ2) is 8.64. The summed E-state index contributed by atoms with van der Waals surface area (Å²) in [6.45, 7) is 14.5. The number of aliphatic hydroxyl groups excluding tert-OH is 2. The summed E-state index contributed by atoms with van der Waals surface area (Å²) in [5.41, 5.74) is 1.90. The van der Waals surface area contributed by atoms with Crippen LogP contribution < -0.4 is 0 Å². The molecule has 0 bridgehead atoms. The highest BCUT2D eigenvalue weighted by molar-refractivity contribution is 5.28. The van der Waals surface area contributed by atoms with E-state index in [1.165, 1.54) is 37.7 Å². The lowest BCUT2D eigenvalue weighted by Crippen LogP contribution is -2.54. The average Bonchev–Trinajstić information content (AvgIpc) is 3.06. The zero-order valence-electron chi connectivity index (χ0n) is 21.0. The van der Waals surface area contributed by atoms with Gasteiger partial charge in [-0.2, -0.15) is 0 Å². The maximum absolute atomic E-state index is 11.3. The molecule has 0 aromatic carbocycles. The molecule has 0 saturated heterocycles. The SMILES string of the molecule is CCC(C=CC(C)C1CCC2C3C(O)C=C4CC(O)CC[C@]4(C)C3CC[C@]12C)C(C)C. The van der Waals surface area contributed by atoms with Crippen molar-refractivity contribution in [1.82, 2.24) is 0 Å². The van der Waals surface area contributed by atoms with Gasteiger partial charge in [0.15, 0.2) is 0 Å². The van der Waals surface area contributed by atoms with Crippen LogP contribution in [-0.4, -0.2) is 22.4 Å². The Morgan fingerprint density at radius 3 is 2.42 bits per heavy atom. The van der Waals surface area contributed by atoms with Crippen LogP contribution >= 0.6 is 0 Å². The Labute approximate surface area is 191 Å². The van der Waals surface area contributed by atoms with Crippen molar-refractivity contribution in [2.24, 2.45) is 52.3 Å². The third-order valence-corrected chi connectivity index (χ3v) is 10.8. The molecule has 0 spiro atoms. The molecule has 2 nitrogen and oxygen atoms in total. The van der Waals surface area contributed by atoms with E-state index >= 15 is 0 Å². The summed E-state index contributed by atoms with van der Waals surface area (Å²) < 4.78 is 0. The quantitative estimate of drug-likeness (QED) is 0.474. The molecule has 3 fully saturated rings. The molecule has 8 unspecified atom stereocenters. The summed E-state index contributed by atoms with van der Waals surface area (Å²) in [6.07, 6.45) is 15.9. The largest absolute Gasteiger partial charge is 0.393 e. The zero-order chi connectivity index (χ0) is 22.6. The predicted octanol–water partition coefficient (Wildman–Crippen LogP) is 6.77. The fourth-order valence-electron chi connectivity index (χ4n) is 8.82. The molecule has 4 aliphatic carbocycles. The predicted molar refractivity (Wildman–Crippen MR) is 130 cm³/mol. The number of allylic oxidation sites excluding steroid dienone is 2. The minimum absolute atomic E-state index is 0.194. The van der Waals surface area contributed by atoms with Gasteiger partial charge in [-0.05, 0) is 104 Å². The van der Waals surface area contributed by atoms with Gasteiger partial charge in [-0.15, -0.1) is 0 Å². The summed E-state index contributed by atoms with van der Waals surface area (Å²) in [5, 5.41) is 21.6. The van der Waals surface area contributed by atoms with E-state index in [0.717, 1.165) is 25.2 Å². The van der Waals surface area contributed by atoms with Gasteiger partial charge in [-0.25, -0.2) is 0 Å². The highest BCUT2D eigenvalue weighted by Crippen LogP contribution is 2.67. The molecule has 0 aromatic rings. The molecule has 0 amide bonds. The van der Waals surface area contributed by atoms with Crippen LogP contribution in [-0.2, 0) is 0 Å². The summed E-state index contributed by atoms with van der Waals surface area (Å²) in [5.74, 6) is 4.38. The molecule has 0 radical (unpaired) electrons. The Morgan fingerprint density at radius 2 is 1.74 bits per heavy atom. The maximum atomic E-state index is 11.3. The Bertz CT molecular complexity index is 708. The van der Waals surface area contributed by atoms with Crippen molar-refractivity contribution in [2.75, 3.05) is 0 Å². The molecule has 4 aliphatic rings. The normalized spacial score (nSPS) is 46.9. The van der Waals surface area contributed by atoms with E-state index in [9.17, 15) is 10.2 Å². The van der Waals surface area contributed by atoms with Gasteiger partial charge >= 0.3 is 0 Å². The van der Waals surface area contributed by atoms with E-state index < -0.39 is 0 Å². The molecule has 3 saturated carbocycles. The second-order valence-corrected chi connectivity index (χ2v) is 12.6. The Kier molecular flexibility index (Phi) is 6.56. The molecule has 4 rings (SSSR count). The number of fused-ring (bicyclic) bond motifs is 5. The van der Waals surface area contributed by atoms with Gasteiger partial charge in [0.1, 0.15) is 0 Å². The van der Waals surface area contributed by atoms with Gasteiger partial charge in [0.25, 0.3) is 0 Å². The monoisotopic (exact) mass is 428 g/mol. The number of rotatable bonds is 5. The van der Waals surface area contributed by atoms with Crippen molar-refractivity contribution < 1.29 is 10.2 Å². The fourth-order valence-corrected chi connectivity index (χ4v) is 8.82. The lowest BCUT2D eigenvalue weighted by molar-refractivity contribution is -0.0950. The van der Waals surface area contributed by atoms with E-state index in [1.807, 2.05) is 0 Å². The van der Waals surface area contributed by atoms with Gasteiger partial charge < -0.3 is 10.2 Å². The topological polar surface area (TPSA) is 40.5 Å². The van der Waals surface area contributed by atoms with Crippen LogP contribution in [0.4, 0.5) is 0 Å². The molecule has 2 N–H and O–H groups in total. The van der Waals surface area contributed by atoms with E-state index in [2.05, 4.69) is 59.8 Å². The van der Waals surface area contributed by atoms with Crippen LogP contribution in [0.3, 0.4) is 0 Å². The lowest BCUT2D eigenvalue weighted by Gasteiger charge is -2.59. The smallest absolute Gasteiger partial charge is 0.0757 e. The van der Waals surface area contributed by atoms with Crippen LogP contribution in [0.2, 0.25) is 0 Å². The molecule has 0 aliphatic heterocycles. The van der Waals surface area contributed by atoms with Gasteiger partial charge in [0.05, 0.1) is 12.2 Å². The summed E-state index contributed by atoms with van der Waals surface area (Å²) in [7, 11) is 0. The third kappa shape index (κ3) is 3.88. The van der Waals surface area contributed by atoms with E-state index in [-0.39, 0.29) is 17.6 Å². The van der Waals surface area contributed by atoms with Gasteiger partial charge in [-0.1, -0.05) is 65.3 Å². The van der Waals surface area contributed by atoms with Crippen molar-refractivity contribution in [3.63, 3.8) is 0 Å². The highest BCUT2D eigenvalue weighted by Gasteiger charge is 2.61. The molecule has 176 valence electrons. The van der Waals surface area contributed by atoms with Crippen LogP contribution in [0.25, 0.3) is 0 Å². The van der Waals surface area contributed by atoms with Crippen LogP contribution in [0, 0.1) is 52.3 Å². The molecule has 0 aromatic heterocycles. The van der Waals surface area contributed by atoms with Crippen molar-refractivity contribution >= 4 is 0 Å². The van der Waals surface area contributed by atoms with E-state index in [1.54, 1.807) is 0 Å². The Balaban J connectivity index is 1.56. The van der Waals surface area contributed by atoms with Crippen LogP contribution in [0.15, 0.2) is 23.8 Å². The third-order valence-electron chi connectivity index (χ3n) is 10.8. The first-order valence-electron chi connectivity index (χ1n) is 13.4. The first kappa shape index (κ1) is 23.6. The Hall–Kier alpha value is -0.600. The van der Waals surface area contributed by atoms with Gasteiger partial charge in [-0.3, -0.25) is 0 Å². The highest BCUT2D eigenvalue weighted by atomic mass is 16.3. The summed E-state index contributed by atoms with van der Waals surface area (Å²) in [6, 6.07) is 0. The fraction of sp³-hybridized carbons (Fsp3) is 0.862. The van der Waals surface area contributed by atoms with Crippen LogP contribution in [0.1, 0.15) is 92.9 Å². The Morgan fingerprint density at radius 1 is 1.00 bits per heavy atom. The standard InChI is InChI=1S/C29H48O2/c1-7-20(18(2)3)9-8-19(4)23-10-11-24-27-25(13-15-29(23,24)6)28(5)14-12-22(30)16-21(28)17-26(27)31/h8-9,17-20,22-27,30-31H,7,10-16H2,1-6H3/t19?,20?,22?,23?,24?,25?,26?,27?,28-,29+/m0/s1. The minimum atomic E-state index is -0.321. The first-order chi connectivity index (χ1) is 14.6. The van der Waals surface area contributed by atoms with Gasteiger partial charge in [0, 0.05) is 0 Å². The number of hydrogen-bond donors (Lipinski definition) is 2.